The number of hydrogen-bond donors (Lipinski definition) is 0. The van der Waals surface area contributed by atoms with Crippen LogP contribution in [0.5, 0.6) is 0 Å². The van der Waals surface area contributed by atoms with E-state index >= 15 is 0 Å². The van der Waals surface area contributed by atoms with Crippen molar-refractivity contribution in [2.45, 2.75) is 155 Å². The van der Waals surface area contributed by atoms with Gasteiger partial charge in [-0.1, -0.05) is 136 Å². The summed E-state index contributed by atoms with van der Waals surface area (Å²) in [6.07, 6.45) is 35.7. The van der Waals surface area contributed by atoms with Gasteiger partial charge in [0.1, 0.15) is 0 Å². The van der Waals surface area contributed by atoms with E-state index in [0.717, 1.165) is 11.8 Å². The summed E-state index contributed by atoms with van der Waals surface area (Å²) in [4.78, 5) is 0. The van der Waals surface area contributed by atoms with Gasteiger partial charge in [0.05, 0.1) is 0 Å². The molecule has 0 saturated heterocycles. The van der Waals surface area contributed by atoms with Crippen LogP contribution in [-0.4, -0.2) is 12.3 Å². The Hall–Kier alpha value is 0.170. The van der Waals surface area contributed by atoms with Gasteiger partial charge in [-0.05, 0) is 62.7 Å². The summed E-state index contributed by atoms with van der Waals surface area (Å²) < 4.78 is 0. The quantitative estimate of drug-likeness (QED) is 0.153. The van der Waals surface area contributed by atoms with Crippen molar-refractivity contribution in [3.8, 4) is 0 Å². The Morgan fingerprint density at radius 3 is 1.35 bits per heavy atom. The van der Waals surface area contributed by atoms with Crippen LogP contribution >= 0.6 is 7.92 Å². The third-order valence-corrected chi connectivity index (χ3v) is 10.5. The minimum Gasteiger partial charge on any atom is -0.0833 e. The lowest BCUT2D eigenvalue weighted by atomic mass is 9.74. The molecule has 0 nitrogen and oxygen atoms in total. The maximum absolute atomic E-state index is 2.99. The number of unbranched alkanes of at least 4 members (excludes halogenated alkanes) is 10. The first kappa shape index (κ1) is 27.4. The molecule has 0 aromatic heterocycles. The Morgan fingerprint density at radius 2 is 0.935 bits per heavy atom. The molecule has 0 radical (unpaired) electrons. The molecular formula is C30H57P. The molecule has 0 aromatic carbocycles. The van der Waals surface area contributed by atoms with Gasteiger partial charge in [0.25, 0.3) is 0 Å². The molecule has 31 heavy (non-hydrogen) atoms. The zero-order valence-electron chi connectivity index (χ0n) is 21.6. The van der Waals surface area contributed by atoms with E-state index in [4.69, 9.17) is 0 Å². The van der Waals surface area contributed by atoms with E-state index < -0.39 is 0 Å². The minimum absolute atomic E-state index is 0.139. The normalized spacial score (nSPS) is 18.5. The lowest BCUT2D eigenvalue weighted by Gasteiger charge is -2.33. The van der Waals surface area contributed by atoms with Gasteiger partial charge in [-0.2, -0.15) is 0 Å². The van der Waals surface area contributed by atoms with E-state index in [1.54, 1.807) is 12.3 Å². The van der Waals surface area contributed by atoms with Crippen molar-refractivity contribution in [1.29, 1.82) is 0 Å². The standard InChI is InChI=1S/C30H57P/c1-3-5-7-9-11-19-25-31(26-20-12-10-8-6-4-2)27-30(28-21-15-13-16-22-28)29-23-17-14-18-24-29/h27-29H,3-26H2,1-2H3. The van der Waals surface area contributed by atoms with E-state index in [-0.39, 0.29) is 7.92 Å². The van der Waals surface area contributed by atoms with E-state index in [1.807, 2.05) is 5.57 Å². The van der Waals surface area contributed by atoms with Crippen LogP contribution in [-0.2, 0) is 0 Å². The number of rotatable bonds is 17. The SMILES string of the molecule is CCCCCCCCP(C=C(C1CCCCC1)C1CCCCC1)CCCCCCCC. The summed E-state index contributed by atoms with van der Waals surface area (Å²) in [6.45, 7) is 4.67. The maximum atomic E-state index is 2.99. The summed E-state index contributed by atoms with van der Waals surface area (Å²) in [5.74, 6) is 4.92. The first-order valence-electron chi connectivity index (χ1n) is 14.8. The molecule has 0 N–H and O–H groups in total. The molecule has 2 fully saturated rings. The second kappa shape index (κ2) is 18.6. The molecule has 2 rings (SSSR count). The fourth-order valence-electron chi connectivity index (χ4n) is 6.06. The highest BCUT2D eigenvalue weighted by Gasteiger charge is 2.26. The summed E-state index contributed by atoms with van der Waals surface area (Å²) in [7, 11) is 0.139. The molecule has 0 amide bonds. The van der Waals surface area contributed by atoms with Crippen molar-refractivity contribution >= 4 is 7.92 Å². The molecule has 2 aliphatic rings. The van der Waals surface area contributed by atoms with Crippen LogP contribution in [0.2, 0.25) is 0 Å². The van der Waals surface area contributed by atoms with Gasteiger partial charge in [0.2, 0.25) is 0 Å². The molecule has 2 aliphatic carbocycles. The van der Waals surface area contributed by atoms with Crippen molar-refractivity contribution in [2.24, 2.45) is 11.8 Å². The van der Waals surface area contributed by atoms with Crippen LogP contribution in [0.4, 0.5) is 0 Å². The molecule has 0 unspecified atom stereocenters. The molecule has 0 aromatic rings. The zero-order chi connectivity index (χ0) is 22.0. The molecule has 0 atom stereocenters. The lowest BCUT2D eigenvalue weighted by Crippen LogP contribution is -2.18. The Kier molecular flexibility index (Phi) is 16.4. The fraction of sp³-hybridized carbons (Fsp3) is 0.933. The topological polar surface area (TPSA) is 0 Å². The molecule has 0 heterocycles. The van der Waals surface area contributed by atoms with Crippen LogP contribution in [0.1, 0.15) is 155 Å². The van der Waals surface area contributed by atoms with Gasteiger partial charge in [0, 0.05) is 0 Å². The van der Waals surface area contributed by atoms with Gasteiger partial charge >= 0.3 is 0 Å². The summed E-state index contributed by atoms with van der Waals surface area (Å²) in [5, 5.41) is 0. The first-order chi connectivity index (χ1) is 15.3. The highest BCUT2D eigenvalue weighted by molar-refractivity contribution is 7.60. The Morgan fingerprint density at radius 1 is 0.548 bits per heavy atom. The Balaban J connectivity index is 1.94. The minimum atomic E-state index is 0.139. The molecule has 182 valence electrons. The van der Waals surface area contributed by atoms with Gasteiger partial charge in [-0.15, -0.1) is 0 Å². The monoisotopic (exact) mass is 448 g/mol. The van der Waals surface area contributed by atoms with Crippen LogP contribution in [0.3, 0.4) is 0 Å². The smallest absolute Gasteiger partial charge is 0.0197 e. The summed E-state index contributed by atoms with van der Waals surface area (Å²) >= 11 is 0. The van der Waals surface area contributed by atoms with Gasteiger partial charge < -0.3 is 0 Å². The molecule has 0 spiro atoms. The summed E-state index contributed by atoms with van der Waals surface area (Å²) in [5.41, 5.74) is 2.00. The van der Waals surface area contributed by atoms with Gasteiger partial charge in [-0.3, -0.25) is 0 Å². The molecule has 0 aliphatic heterocycles. The van der Waals surface area contributed by atoms with Gasteiger partial charge in [0.15, 0.2) is 0 Å². The second-order valence-corrected chi connectivity index (χ2v) is 13.2. The predicted molar refractivity (Wildman–Crippen MR) is 145 cm³/mol. The maximum Gasteiger partial charge on any atom is -0.0197 e. The largest absolute Gasteiger partial charge is 0.0833 e. The molecular weight excluding hydrogens is 391 g/mol. The second-order valence-electron chi connectivity index (χ2n) is 10.9. The predicted octanol–water partition coefficient (Wildman–Crippen LogP) is 11.2. The number of allylic oxidation sites excluding steroid dienone is 1. The zero-order valence-corrected chi connectivity index (χ0v) is 22.5. The highest BCUT2D eigenvalue weighted by Crippen LogP contribution is 2.47. The fourth-order valence-corrected chi connectivity index (χ4v) is 8.64. The third-order valence-electron chi connectivity index (χ3n) is 8.08. The third kappa shape index (κ3) is 12.3. The van der Waals surface area contributed by atoms with Crippen LogP contribution < -0.4 is 0 Å². The average molecular weight is 449 g/mol. The lowest BCUT2D eigenvalue weighted by molar-refractivity contribution is 0.327. The van der Waals surface area contributed by atoms with Crippen molar-refractivity contribution in [2.75, 3.05) is 12.3 Å². The van der Waals surface area contributed by atoms with Crippen molar-refractivity contribution in [1.82, 2.24) is 0 Å². The average Bonchev–Trinajstić information content (AvgIpc) is 2.82. The van der Waals surface area contributed by atoms with E-state index in [2.05, 4.69) is 19.7 Å². The molecule has 0 bridgehead atoms. The number of hydrogen-bond acceptors (Lipinski definition) is 0. The Bertz CT molecular complexity index is 392. The van der Waals surface area contributed by atoms with E-state index in [9.17, 15) is 0 Å². The molecule has 1 heteroatoms. The van der Waals surface area contributed by atoms with E-state index in [1.165, 1.54) is 141 Å². The van der Waals surface area contributed by atoms with Crippen LogP contribution in [0, 0.1) is 11.8 Å². The highest BCUT2D eigenvalue weighted by atomic mass is 31.1. The van der Waals surface area contributed by atoms with Gasteiger partial charge in [-0.25, -0.2) is 0 Å². The van der Waals surface area contributed by atoms with Crippen molar-refractivity contribution in [3.63, 3.8) is 0 Å². The summed E-state index contributed by atoms with van der Waals surface area (Å²) in [6, 6.07) is 0. The van der Waals surface area contributed by atoms with Crippen LogP contribution in [0.25, 0.3) is 0 Å². The Labute approximate surface area is 198 Å². The first-order valence-corrected chi connectivity index (χ1v) is 16.6. The van der Waals surface area contributed by atoms with E-state index in [0.29, 0.717) is 0 Å². The van der Waals surface area contributed by atoms with Crippen molar-refractivity contribution in [3.05, 3.63) is 11.4 Å². The van der Waals surface area contributed by atoms with Crippen molar-refractivity contribution < 1.29 is 0 Å². The van der Waals surface area contributed by atoms with Crippen LogP contribution in [0.15, 0.2) is 11.4 Å². The molecule has 2 saturated carbocycles.